The van der Waals surface area contributed by atoms with E-state index in [1.54, 1.807) is 0 Å². The first-order valence-corrected chi connectivity index (χ1v) is 11.7. The molecule has 5 aliphatic heterocycles. The summed E-state index contributed by atoms with van der Waals surface area (Å²) in [5.74, 6) is 1.10. The summed E-state index contributed by atoms with van der Waals surface area (Å²) in [5.41, 5.74) is 5.65. The summed E-state index contributed by atoms with van der Waals surface area (Å²) in [6.45, 7) is 10.3. The number of piperidine rings is 1. The molecular weight excluding hydrogens is 398 g/mol. The van der Waals surface area contributed by atoms with Gasteiger partial charge in [0.1, 0.15) is 29.6 Å². The maximum atomic E-state index is 5.62. The van der Waals surface area contributed by atoms with E-state index in [9.17, 15) is 0 Å². The highest BCUT2D eigenvalue weighted by Crippen LogP contribution is 2.72. The van der Waals surface area contributed by atoms with Gasteiger partial charge in [0.05, 0.1) is 37.3 Å². The number of nitrogens with zero attached hydrogens (tertiary/aromatic N) is 5. The smallest absolute Gasteiger partial charge is 0.160 e. The van der Waals surface area contributed by atoms with Gasteiger partial charge in [-0.1, -0.05) is 21.3 Å². The summed E-state index contributed by atoms with van der Waals surface area (Å²) < 4.78 is 6.81. The molecule has 7 heterocycles. The van der Waals surface area contributed by atoms with E-state index in [1.165, 1.54) is 46.9 Å². The molecular formula is C26H34N5O+. The number of fused-ring (bicyclic) bond motifs is 3. The van der Waals surface area contributed by atoms with Gasteiger partial charge in [0.2, 0.25) is 0 Å². The average molecular weight is 433 g/mol. The van der Waals surface area contributed by atoms with Crippen LogP contribution in [-0.4, -0.2) is 67.2 Å². The van der Waals surface area contributed by atoms with E-state index < -0.39 is 0 Å². The molecule has 0 N–H and O–H groups in total. The maximum Gasteiger partial charge on any atom is 0.160 e. The van der Waals surface area contributed by atoms with Gasteiger partial charge < -0.3 is 9.64 Å². The number of quaternary nitrogens is 1. The van der Waals surface area contributed by atoms with Crippen LogP contribution in [0, 0.1) is 5.41 Å². The lowest BCUT2D eigenvalue weighted by Crippen LogP contribution is -2.64. The van der Waals surface area contributed by atoms with Gasteiger partial charge in [-0.15, -0.1) is 0 Å². The average Bonchev–Trinajstić information content (AvgIpc) is 3.09. The van der Waals surface area contributed by atoms with Crippen LogP contribution in [-0.2, 0) is 4.74 Å². The Kier molecular flexibility index (Phi) is 4.19. The molecule has 0 radical (unpaired) electrons. The molecule has 6 heteroatoms. The summed E-state index contributed by atoms with van der Waals surface area (Å²) in [7, 11) is 0. The van der Waals surface area contributed by atoms with Gasteiger partial charge in [-0.25, -0.2) is 4.98 Å². The summed E-state index contributed by atoms with van der Waals surface area (Å²) in [5, 5.41) is 1.29. The molecule has 2 aromatic heterocycles. The SMILES string of the molecule is C.CC1(C)CC2C[C@]3(C1)C[N+]23c1cc(N2CCOCC2)nc2c(C3=CC=NC3)nccc12. The molecule has 1 saturated carbocycles. The summed E-state index contributed by atoms with van der Waals surface area (Å²) in [4.78, 5) is 16.8. The third-order valence-corrected chi connectivity index (χ3v) is 8.53. The molecule has 6 aliphatic rings. The number of morpholine rings is 1. The molecule has 1 aliphatic carbocycles. The van der Waals surface area contributed by atoms with Crippen molar-refractivity contribution >= 4 is 34.2 Å². The highest BCUT2D eigenvalue weighted by atomic mass is 16.5. The zero-order valence-electron chi connectivity index (χ0n) is 18.5. The summed E-state index contributed by atoms with van der Waals surface area (Å²) in [6, 6.07) is 5.37. The molecule has 6 nitrogen and oxygen atoms in total. The minimum Gasteiger partial charge on any atom is -0.378 e. The zero-order chi connectivity index (χ0) is 20.8. The van der Waals surface area contributed by atoms with Crippen molar-refractivity contribution in [3.63, 3.8) is 0 Å². The predicted octanol–water partition coefficient (Wildman–Crippen LogP) is 4.22. The van der Waals surface area contributed by atoms with Crippen LogP contribution in [0.3, 0.4) is 0 Å². The number of pyridine rings is 2. The quantitative estimate of drug-likeness (QED) is 0.538. The monoisotopic (exact) mass is 432 g/mol. The lowest BCUT2D eigenvalue weighted by molar-refractivity contribution is 0.0247. The fourth-order valence-electron chi connectivity index (χ4n) is 7.43. The summed E-state index contributed by atoms with van der Waals surface area (Å²) in [6.07, 6.45) is 10.0. The number of aliphatic imine (C=N–C) groups is 1. The standard InChI is InChI=1S/C25H30N5O.CH4/c1-24(2)12-18-13-25(15-24)16-30(18,25)20-11-21(29-7-9-31-10-8-29)28-23-19(20)4-6-27-22(23)17-3-5-26-14-17;/h3-6,11,18H,7-10,12-16H2,1-2H3;1H4/q+1;/t18?,25-,30?;/m0./s1. The number of anilines is 1. The van der Waals surface area contributed by atoms with Gasteiger partial charge in [0.15, 0.2) is 5.54 Å². The Labute approximate surface area is 190 Å². The van der Waals surface area contributed by atoms with Crippen molar-refractivity contribution in [2.45, 2.75) is 52.1 Å². The van der Waals surface area contributed by atoms with Crippen LogP contribution in [0.2, 0.25) is 0 Å². The van der Waals surface area contributed by atoms with Gasteiger partial charge in [-0.05, 0) is 17.6 Å². The fourth-order valence-corrected chi connectivity index (χ4v) is 7.43. The second-order valence-corrected chi connectivity index (χ2v) is 11.0. The van der Waals surface area contributed by atoms with Crippen molar-refractivity contribution in [3.8, 4) is 0 Å². The number of hydrogen-bond donors (Lipinski definition) is 0. The lowest BCUT2D eigenvalue weighted by atomic mass is 9.64. The van der Waals surface area contributed by atoms with Crippen LogP contribution < -0.4 is 9.38 Å². The van der Waals surface area contributed by atoms with Crippen molar-refractivity contribution in [2.75, 3.05) is 44.3 Å². The number of aromatic nitrogens is 2. The van der Waals surface area contributed by atoms with Gasteiger partial charge in [0, 0.05) is 50.0 Å². The van der Waals surface area contributed by atoms with Crippen LogP contribution in [0.4, 0.5) is 11.5 Å². The van der Waals surface area contributed by atoms with Crippen molar-refractivity contribution < 1.29 is 4.74 Å². The van der Waals surface area contributed by atoms with E-state index in [1.807, 2.05) is 12.4 Å². The first-order chi connectivity index (χ1) is 15.0. The van der Waals surface area contributed by atoms with E-state index in [-0.39, 0.29) is 7.43 Å². The van der Waals surface area contributed by atoms with Crippen LogP contribution >= 0.6 is 0 Å². The third-order valence-electron chi connectivity index (χ3n) is 8.53. The normalized spacial score (nSPS) is 33.9. The van der Waals surface area contributed by atoms with E-state index in [0.717, 1.165) is 49.4 Å². The van der Waals surface area contributed by atoms with E-state index >= 15 is 0 Å². The molecule has 5 fully saturated rings. The Balaban J connectivity index is 0.00000196. The van der Waals surface area contributed by atoms with Gasteiger partial charge in [0.25, 0.3) is 0 Å². The van der Waals surface area contributed by atoms with Crippen molar-refractivity contribution in [1.29, 1.82) is 0 Å². The minimum absolute atomic E-state index is 0. The van der Waals surface area contributed by atoms with Crippen LogP contribution in [0.1, 0.15) is 46.2 Å². The molecule has 4 saturated heterocycles. The molecule has 8 rings (SSSR count). The van der Waals surface area contributed by atoms with Crippen LogP contribution in [0.15, 0.2) is 29.4 Å². The second kappa shape index (κ2) is 6.61. The lowest BCUT2D eigenvalue weighted by Gasteiger charge is -2.53. The van der Waals surface area contributed by atoms with Gasteiger partial charge in [-0.2, -0.15) is 0 Å². The Morgan fingerprint density at radius 2 is 2.03 bits per heavy atom. The largest absolute Gasteiger partial charge is 0.378 e. The highest BCUT2D eigenvalue weighted by Gasteiger charge is 2.86. The molecule has 2 bridgehead atoms. The Morgan fingerprint density at radius 3 is 2.78 bits per heavy atom. The van der Waals surface area contributed by atoms with Crippen LogP contribution in [0.5, 0.6) is 0 Å². The first kappa shape index (κ1) is 20.3. The molecule has 1 spiro atoms. The number of allylic oxidation sites excluding steroid dienone is 1. The number of rotatable bonds is 3. The van der Waals surface area contributed by atoms with Crippen molar-refractivity contribution in [2.24, 2.45) is 10.4 Å². The van der Waals surface area contributed by atoms with Crippen molar-refractivity contribution in [1.82, 2.24) is 14.5 Å². The van der Waals surface area contributed by atoms with Gasteiger partial charge in [-0.3, -0.25) is 14.5 Å². The second-order valence-electron chi connectivity index (χ2n) is 11.0. The van der Waals surface area contributed by atoms with E-state index in [4.69, 9.17) is 14.7 Å². The minimum atomic E-state index is 0. The third kappa shape index (κ3) is 2.57. The zero-order valence-corrected chi connectivity index (χ0v) is 18.5. The van der Waals surface area contributed by atoms with Crippen molar-refractivity contribution in [3.05, 3.63) is 30.1 Å². The molecule has 168 valence electrons. The van der Waals surface area contributed by atoms with Gasteiger partial charge >= 0.3 is 0 Å². The summed E-state index contributed by atoms with van der Waals surface area (Å²) >= 11 is 0. The highest BCUT2D eigenvalue weighted by molar-refractivity contribution is 6.02. The molecule has 0 aromatic carbocycles. The predicted molar refractivity (Wildman–Crippen MR) is 131 cm³/mol. The topological polar surface area (TPSA) is 50.6 Å². The number of hydrogen-bond acceptors (Lipinski definition) is 5. The molecule has 2 aromatic rings. The molecule has 0 amide bonds. The van der Waals surface area contributed by atoms with E-state index in [0.29, 0.717) is 17.5 Å². The molecule has 32 heavy (non-hydrogen) atoms. The Hall–Kier alpha value is -2.31. The molecule has 3 atom stereocenters. The molecule has 2 unspecified atom stereocenters. The maximum absolute atomic E-state index is 5.62. The Bertz CT molecular complexity index is 1160. The first-order valence-electron chi connectivity index (χ1n) is 11.7. The number of ether oxygens (including phenoxy) is 1. The fraction of sp³-hybridized carbons (Fsp3) is 0.577. The Morgan fingerprint density at radius 1 is 1.19 bits per heavy atom. The van der Waals surface area contributed by atoms with E-state index in [2.05, 4.69) is 41.9 Å². The van der Waals surface area contributed by atoms with Crippen LogP contribution in [0.25, 0.3) is 16.5 Å².